The fraction of sp³-hybridized carbons (Fsp3) is 0.909. The van der Waals surface area contributed by atoms with E-state index in [4.69, 9.17) is 4.74 Å². The maximum absolute atomic E-state index is 11.5. The monoisotopic (exact) mass is 215 g/mol. The topological polar surface area (TPSA) is 58.6 Å². The van der Waals surface area contributed by atoms with Crippen LogP contribution < -0.4 is 5.32 Å². The molecule has 0 unspecified atom stereocenters. The van der Waals surface area contributed by atoms with E-state index in [1.807, 2.05) is 20.8 Å². The van der Waals surface area contributed by atoms with Crippen LogP contribution in [0.25, 0.3) is 0 Å². The van der Waals surface area contributed by atoms with E-state index in [9.17, 15) is 9.90 Å². The molecule has 1 aliphatic carbocycles. The number of amides is 1. The van der Waals surface area contributed by atoms with Crippen molar-refractivity contribution in [1.29, 1.82) is 0 Å². The molecule has 88 valence electrons. The lowest BCUT2D eigenvalue weighted by Gasteiger charge is -2.44. The van der Waals surface area contributed by atoms with Gasteiger partial charge in [-0.25, -0.2) is 4.79 Å². The molecule has 15 heavy (non-hydrogen) atoms. The molecular formula is C11H21NO3. The summed E-state index contributed by atoms with van der Waals surface area (Å²) in [5.74, 6) is 0. The summed E-state index contributed by atoms with van der Waals surface area (Å²) >= 11 is 0. The lowest BCUT2D eigenvalue weighted by Crippen LogP contribution is -2.60. The first kappa shape index (κ1) is 12.3. The van der Waals surface area contributed by atoms with E-state index in [1.54, 1.807) is 6.92 Å². The van der Waals surface area contributed by atoms with Crippen molar-refractivity contribution in [3.8, 4) is 0 Å². The Balaban J connectivity index is 2.50. The van der Waals surface area contributed by atoms with Crippen LogP contribution in [-0.2, 0) is 4.74 Å². The van der Waals surface area contributed by atoms with Crippen LogP contribution in [0.1, 0.15) is 47.0 Å². The van der Waals surface area contributed by atoms with Gasteiger partial charge in [0.05, 0.1) is 11.6 Å². The molecule has 0 aromatic rings. The highest BCUT2D eigenvalue weighted by atomic mass is 16.6. The molecular weight excluding hydrogens is 194 g/mol. The van der Waals surface area contributed by atoms with Gasteiger partial charge in [-0.05, 0) is 47.0 Å². The largest absolute Gasteiger partial charge is 0.444 e. The summed E-state index contributed by atoms with van der Waals surface area (Å²) in [6.07, 6.45) is 1.72. The molecule has 1 atom stereocenters. The van der Waals surface area contributed by atoms with Gasteiger partial charge in [-0.2, -0.15) is 0 Å². The zero-order valence-electron chi connectivity index (χ0n) is 9.96. The lowest BCUT2D eigenvalue weighted by molar-refractivity contribution is -0.00159. The number of alkyl carbamates (subject to hydrolysis) is 1. The molecule has 0 spiro atoms. The Hall–Kier alpha value is -0.770. The van der Waals surface area contributed by atoms with Crippen LogP contribution in [0.3, 0.4) is 0 Å². The lowest BCUT2D eigenvalue weighted by atomic mass is 9.73. The van der Waals surface area contributed by atoms with Crippen LogP contribution in [0.5, 0.6) is 0 Å². The molecule has 0 bridgehead atoms. The quantitative estimate of drug-likeness (QED) is 0.738. The van der Waals surface area contributed by atoms with Crippen molar-refractivity contribution in [3.63, 3.8) is 0 Å². The summed E-state index contributed by atoms with van der Waals surface area (Å²) in [4.78, 5) is 11.5. The number of aliphatic hydroxyl groups excluding tert-OH is 1. The summed E-state index contributed by atoms with van der Waals surface area (Å²) in [5.41, 5.74) is -0.948. The van der Waals surface area contributed by atoms with Gasteiger partial charge in [0.1, 0.15) is 5.60 Å². The Kier molecular flexibility index (Phi) is 3.28. The molecule has 1 amide bonds. The molecule has 0 heterocycles. The van der Waals surface area contributed by atoms with E-state index in [1.165, 1.54) is 0 Å². The number of nitrogens with one attached hydrogen (secondary N) is 1. The van der Waals surface area contributed by atoms with Crippen molar-refractivity contribution < 1.29 is 14.6 Å². The van der Waals surface area contributed by atoms with E-state index in [0.29, 0.717) is 0 Å². The average Bonchev–Trinajstić information content (AvgIpc) is 1.92. The zero-order chi connectivity index (χ0) is 11.7. The third-order valence-electron chi connectivity index (χ3n) is 2.80. The minimum Gasteiger partial charge on any atom is -0.444 e. The average molecular weight is 215 g/mol. The van der Waals surface area contributed by atoms with E-state index >= 15 is 0 Å². The molecule has 0 radical (unpaired) electrons. The minimum absolute atomic E-state index is 0.442. The van der Waals surface area contributed by atoms with Crippen LogP contribution in [-0.4, -0.2) is 28.4 Å². The third kappa shape index (κ3) is 3.09. The van der Waals surface area contributed by atoms with Crippen LogP contribution in [0.2, 0.25) is 0 Å². The molecule has 0 aromatic carbocycles. The highest BCUT2D eigenvalue weighted by Gasteiger charge is 2.43. The van der Waals surface area contributed by atoms with Crippen LogP contribution in [0.15, 0.2) is 0 Å². The van der Waals surface area contributed by atoms with Crippen molar-refractivity contribution >= 4 is 6.09 Å². The Morgan fingerprint density at radius 3 is 2.27 bits per heavy atom. The fourth-order valence-corrected chi connectivity index (χ4v) is 1.71. The molecule has 4 heteroatoms. The standard InChI is InChI=1S/C11H21NO3/c1-8(13)11(6-5-7-11)12-9(14)15-10(2,3)4/h8,13H,5-7H2,1-4H3,(H,12,14)/t8-/m0/s1. The first-order valence-corrected chi connectivity index (χ1v) is 5.44. The van der Waals surface area contributed by atoms with E-state index in [-0.39, 0.29) is 0 Å². The van der Waals surface area contributed by atoms with Gasteiger partial charge in [0.2, 0.25) is 0 Å². The van der Waals surface area contributed by atoms with Gasteiger partial charge in [-0.3, -0.25) is 0 Å². The Morgan fingerprint density at radius 1 is 1.47 bits per heavy atom. The number of carbonyl (C=O) groups excluding carboxylic acids is 1. The first-order valence-electron chi connectivity index (χ1n) is 5.44. The summed E-state index contributed by atoms with van der Waals surface area (Å²) in [7, 11) is 0. The maximum atomic E-state index is 11.5. The van der Waals surface area contributed by atoms with Gasteiger partial charge in [-0.1, -0.05) is 0 Å². The number of aliphatic hydroxyl groups is 1. The molecule has 1 fully saturated rings. The van der Waals surface area contributed by atoms with Crippen LogP contribution in [0, 0.1) is 0 Å². The highest BCUT2D eigenvalue weighted by molar-refractivity contribution is 5.69. The SMILES string of the molecule is C[C@H](O)C1(NC(=O)OC(C)(C)C)CCC1. The van der Waals surface area contributed by atoms with Gasteiger partial charge in [-0.15, -0.1) is 0 Å². The smallest absolute Gasteiger partial charge is 0.408 e. The summed E-state index contributed by atoms with van der Waals surface area (Å²) in [6, 6.07) is 0. The van der Waals surface area contributed by atoms with Gasteiger partial charge in [0.25, 0.3) is 0 Å². The van der Waals surface area contributed by atoms with E-state index in [0.717, 1.165) is 19.3 Å². The van der Waals surface area contributed by atoms with Gasteiger partial charge < -0.3 is 15.2 Å². The highest BCUT2D eigenvalue weighted by Crippen LogP contribution is 2.35. The number of hydrogen-bond acceptors (Lipinski definition) is 3. The number of ether oxygens (including phenoxy) is 1. The molecule has 0 saturated heterocycles. The predicted octanol–water partition coefficient (Wildman–Crippen LogP) is 1.81. The molecule has 0 aliphatic heterocycles. The van der Waals surface area contributed by atoms with Gasteiger partial charge in [0.15, 0.2) is 0 Å². The predicted molar refractivity (Wildman–Crippen MR) is 57.6 cm³/mol. The molecule has 2 N–H and O–H groups in total. The molecule has 1 saturated carbocycles. The second kappa shape index (κ2) is 4.00. The van der Waals surface area contributed by atoms with Crippen molar-refractivity contribution in [2.75, 3.05) is 0 Å². The third-order valence-corrected chi connectivity index (χ3v) is 2.80. The van der Waals surface area contributed by atoms with Crippen molar-refractivity contribution in [2.24, 2.45) is 0 Å². The maximum Gasteiger partial charge on any atom is 0.408 e. The van der Waals surface area contributed by atoms with E-state index < -0.39 is 23.3 Å². The normalized spacial score (nSPS) is 21.4. The van der Waals surface area contributed by atoms with Gasteiger partial charge >= 0.3 is 6.09 Å². The van der Waals surface area contributed by atoms with E-state index in [2.05, 4.69) is 5.32 Å². The first-order chi connectivity index (χ1) is 6.75. The zero-order valence-corrected chi connectivity index (χ0v) is 9.96. The number of rotatable bonds is 2. The Morgan fingerprint density at radius 2 is 2.00 bits per heavy atom. The molecule has 1 rings (SSSR count). The second-order valence-electron chi connectivity index (χ2n) is 5.31. The minimum atomic E-state index is -0.529. The summed E-state index contributed by atoms with van der Waals surface area (Å²) < 4.78 is 5.16. The van der Waals surface area contributed by atoms with Gasteiger partial charge in [0, 0.05) is 0 Å². The fourth-order valence-electron chi connectivity index (χ4n) is 1.71. The summed E-state index contributed by atoms with van der Waals surface area (Å²) in [6.45, 7) is 7.17. The van der Waals surface area contributed by atoms with Crippen molar-refractivity contribution in [3.05, 3.63) is 0 Å². The molecule has 4 nitrogen and oxygen atoms in total. The number of hydrogen-bond donors (Lipinski definition) is 2. The number of carbonyl (C=O) groups is 1. The summed E-state index contributed by atoms with van der Waals surface area (Å²) in [5, 5.41) is 12.4. The van der Waals surface area contributed by atoms with Crippen molar-refractivity contribution in [1.82, 2.24) is 5.32 Å². The molecule has 1 aliphatic rings. The second-order valence-corrected chi connectivity index (χ2v) is 5.31. The van der Waals surface area contributed by atoms with Crippen LogP contribution in [0.4, 0.5) is 4.79 Å². The Bertz CT molecular complexity index is 239. The van der Waals surface area contributed by atoms with Crippen LogP contribution >= 0.6 is 0 Å². The Labute approximate surface area is 91.0 Å². The van der Waals surface area contributed by atoms with Crippen molar-refractivity contribution in [2.45, 2.75) is 64.2 Å². The molecule has 0 aromatic heterocycles.